The van der Waals surface area contributed by atoms with Crippen LogP contribution < -0.4 is 0 Å². The van der Waals surface area contributed by atoms with Gasteiger partial charge in [-0.25, -0.2) is 0 Å². The summed E-state index contributed by atoms with van der Waals surface area (Å²) in [7, 11) is 1.38. The fourth-order valence-electron chi connectivity index (χ4n) is 1.78. The lowest BCUT2D eigenvalue weighted by Crippen LogP contribution is -2.50. The van der Waals surface area contributed by atoms with Gasteiger partial charge in [-0.2, -0.15) is 0 Å². The first-order valence-corrected chi connectivity index (χ1v) is 6.33. The molecule has 0 atom stereocenters. The molecular formula is C11H19ClN2O3. The van der Waals surface area contributed by atoms with Crippen molar-refractivity contribution in [2.75, 3.05) is 45.7 Å². The molecule has 0 aromatic rings. The zero-order valence-electron chi connectivity index (χ0n) is 10.2. The third-order valence-electron chi connectivity index (χ3n) is 2.83. The quantitative estimate of drug-likeness (QED) is 0.529. The first-order valence-electron chi connectivity index (χ1n) is 5.80. The maximum absolute atomic E-state index is 11.7. The SMILES string of the molecule is COC(=O)CN1CCN(C(=O)CCCCl)CC1. The highest BCUT2D eigenvalue weighted by Crippen LogP contribution is 2.05. The summed E-state index contributed by atoms with van der Waals surface area (Å²) in [5.41, 5.74) is 0. The maximum atomic E-state index is 11.7. The smallest absolute Gasteiger partial charge is 0.319 e. The Bertz CT molecular complexity index is 265. The summed E-state index contributed by atoms with van der Waals surface area (Å²) in [4.78, 5) is 26.6. The first-order chi connectivity index (χ1) is 8.17. The minimum absolute atomic E-state index is 0.156. The Hall–Kier alpha value is -0.810. The van der Waals surface area contributed by atoms with Gasteiger partial charge in [-0.3, -0.25) is 14.5 Å². The van der Waals surface area contributed by atoms with Crippen LogP contribution in [0.5, 0.6) is 0 Å². The molecule has 1 heterocycles. The van der Waals surface area contributed by atoms with Crippen LogP contribution in [0.3, 0.4) is 0 Å². The fraction of sp³-hybridized carbons (Fsp3) is 0.818. The monoisotopic (exact) mass is 262 g/mol. The number of rotatable bonds is 5. The van der Waals surface area contributed by atoms with Crippen molar-refractivity contribution in [1.82, 2.24) is 9.80 Å². The summed E-state index contributed by atoms with van der Waals surface area (Å²) in [5, 5.41) is 0. The van der Waals surface area contributed by atoms with E-state index in [1.165, 1.54) is 7.11 Å². The molecule has 1 aliphatic heterocycles. The van der Waals surface area contributed by atoms with Crippen molar-refractivity contribution in [3.63, 3.8) is 0 Å². The Morgan fingerprint density at radius 1 is 1.24 bits per heavy atom. The van der Waals surface area contributed by atoms with Crippen molar-refractivity contribution in [2.24, 2.45) is 0 Å². The van der Waals surface area contributed by atoms with Crippen LogP contribution in [-0.2, 0) is 14.3 Å². The van der Waals surface area contributed by atoms with Gasteiger partial charge in [-0.15, -0.1) is 11.6 Å². The molecule has 98 valence electrons. The van der Waals surface area contributed by atoms with E-state index in [-0.39, 0.29) is 11.9 Å². The third-order valence-corrected chi connectivity index (χ3v) is 3.10. The molecule has 1 aliphatic rings. The van der Waals surface area contributed by atoms with Crippen LogP contribution >= 0.6 is 11.6 Å². The number of nitrogens with zero attached hydrogens (tertiary/aromatic N) is 2. The van der Waals surface area contributed by atoms with Gasteiger partial charge in [-0.05, 0) is 6.42 Å². The Kier molecular flexibility index (Phi) is 6.29. The Balaban J connectivity index is 2.25. The summed E-state index contributed by atoms with van der Waals surface area (Å²) in [6.45, 7) is 3.11. The second-order valence-electron chi connectivity index (χ2n) is 4.03. The van der Waals surface area contributed by atoms with Crippen LogP contribution in [0.25, 0.3) is 0 Å². The molecule has 0 spiro atoms. The number of esters is 1. The minimum Gasteiger partial charge on any atom is -0.468 e. The van der Waals surface area contributed by atoms with Crippen molar-refractivity contribution < 1.29 is 14.3 Å². The van der Waals surface area contributed by atoms with Gasteiger partial charge >= 0.3 is 5.97 Å². The molecular weight excluding hydrogens is 244 g/mol. The van der Waals surface area contributed by atoms with Gasteiger partial charge in [0.25, 0.3) is 0 Å². The Morgan fingerprint density at radius 2 is 1.88 bits per heavy atom. The molecule has 1 rings (SSSR count). The van der Waals surface area contributed by atoms with E-state index in [1.807, 2.05) is 9.80 Å². The summed E-state index contributed by atoms with van der Waals surface area (Å²) in [6.07, 6.45) is 1.24. The molecule has 1 fully saturated rings. The number of halogens is 1. The number of ether oxygens (including phenoxy) is 1. The zero-order valence-corrected chi connectivity index (χ0v) is 10.9. The molecule has 5 nitrogen and oxygen atoms in total. The van der Waals surface area contributed by atoms with Crippen LogP contribution in [0.15, 0.2) is 0 Å². The van der Waals surface area contributed by atoms with E-state index in [4.69, 9.17) is 11.6 Å². The third kappa shape index (κ3) is 4.91. The van der Waals surface area contributed by atoms with Crippen molar-refractivity contribution in [2.45, 2.75) is 12.8 Å². The van der Waals surface area contributed by atoms with E-state index in [0.29, 0.717) is 31.9 Å². The van der Waals surface area contributed by atoms with E-state index < -0.39 is 0 Å². The highest BCUT2D eigenvalue weighted by molar-refractivity contribution is 6.17. The van der Waals surface area contributed by atoms with Gasteiger partial charge in [0.2, 0.25) is 5.91 Å². The number of hydrogen-bond acceptors (Lipinski definition) is 4. The van der Waals surface area contributed by atoms with E-state index in [9.17, 15) is 9.59 Å². The van der Waals surface area contributed by atoms with Gasteiger partial charge < -0.3 is 9.64 Å². The van der Waals surface area contributed by atoms with Gasteiger partial charge in [0.15, 0.2) is 0 Å². The minimum atomic E-state index is -0.230. The second-order valence-corrected chi connectivity index (χ2v) is 4.40. The average Bonchev–Trinajstić information content (AvgIpc) is 2.36. The van der Waals surface area contributed by atoms with Crippen LogP contribution in [-0.4, -0.2) is 67.4 Å². The average molecular weight is 263 g/mol. The van der Waals surface area contributed by atoms with Gasteiger partial charge in [-0.1, -0.05) is 0 Å². The number of methoxy groups -OCH3 is 1. The molecule has 0 aromatic carbocycles. The normalized spacial score (nSPS) is 16.9. The summed E-state index contributed by atoms with van der Waals surface area (Å²) in [6, 6.07) is 0. The van der Waals surface area contributed by atoms with E-state index in [1.54, 1.807) is 0 Å². The number of amides is 1. The molecule has 1 amide bonds. The summed E-state index contributed by atoms with van der Waals surface area (Å²) in [5.74, 6) is 0.448. The molecule has 0 bridgehead atoms. The number of piperazine rings is 1. The van der Waals surface area contributed by atoms with E-state index in [2.05, 4.69) is 4.74 Å². The molecule has 17 heavy (non-hydrogen) atoms. The number of carbonyl (C=O) groups excluding carboxylic acids is 2. The maximum Gasteiger partial charge on any atom is 0.319 e. The topological polar surface area (TPSA) is 49.9 Å². The van der Waals surface area contributed by atoms with Crippen molar-refractivity contribution in [3.8, 4) is 0 Å². The Morgan fingerprint density at radius 3 is 2.41 bits per heavy atom. The van der Waals surface area contributed by atoms with Crippen LogP contribution in [0.1, 0.15) is 12.8 Å². The van der Waals surface area contributed by atoms with Gasteiger partial charge in [0.1, 0.15) is 0 Å². The molecule has 0 saturated carbocycles. The van der Waals surface area contributed by atoms with Crippen LogP contribution in [0, 0.1) is 0 Å². The van der Waals surface area contributed by atoms with Crippen molar-refractivity contribution in [3.05, 3.63) is 0 Å². The van der Waals surface area contributed by atoms with E-state index >= 15 is 0 Å². The molecule has 0 N–H and O–H groups in total. The molecule has 0 radical (unpaired) electrons. The zero-order chi connectivity index (χ0) is 12.7. The molecule has 0 aromatic heterocycles. The molecule has 0 unspecified atom stereocenters. The largest absolute Gasteiger partial charge is 0.468 e. The first kappa shape index (κ1) is 14.3. The lowest BCUT2D eigenvalue weighted by Gasteiger charge is -2.34. The highest BCUT2D eigenvalue weighted by Gasteiger charge is 2.21. The predicted molar refractivity (Wildman–Crippen MR) is 65.0 cm³/mol. The van der Waals surface area contributed by atoms with Crippen molar-refractivity contribution >= 4 is 23.5 Å². The number of carbonyl (C=O) groups is 2. The summed E-state index contributed by atoms with van der Waals surface area (Å²) < 4.78 is 4.60. The number of hydrogen-bond donors (Lipinski definition) is 0. The van der Waals surface area contributed by atoms with Crippen LogP contribution in [0.2, 0.25) is 0 Å². The van der Waals surface area contributed by atoms with Crippen molar-refractivity contribution in [1.29, 1.82) is 0 Å². The highest BCUT2D eigenvalue weighted by atomic mass is 35.5. The summed E-state index contributed by atoms with van der Waals surface area (Å²) >= 11 is 5.55. The van der Waals surface area contributed by atoms with Gasteiger partial charge in [0, 0.05) is 38.5 Å². The van der Waals surface area contributed by atoms with Crippen LogP contribution in [0.4, 0.5) is 0 Å². The Labute approximate surface area is 107 Å². The standard InChI is InChI=1S/C11H19ClN2O3/c1-17-11(16)9-13-5-7-14(8-6-13)10(15)3-2-4-12/h2-9H2,1H3. The van der Waals surface area contributed by atoms with Gasteiger partial charge in [0.05, 0.1) is 13.7 Å². The fourth-order valence-corrected chi connectivity index (χ4v) is 1.91. The number of alkyl halides is 1. The molecule has 0 aliphatic carbocycles. The molecule has 6 heteroatoms. The van der Waals surface area contributed by atoms with E-state index in [0.717, 1.165) is 19.5 Å². The lowest BCUT2D eigenvalue weighted by atomic mass is 10.2. The predicted octanol–water partition coefficient (Wildman–Crippen LogP) is 0.323. The molecule has 1 saturated heterocycles. The lowest BCUT2D eigenvalue weighted by molar-refractivity contribution is -0.142. The second kappa shape index (κ2) is 7.50.